The Morgan fingerprint density at radius 3 is 2.32 bits per heavy atom. The van der Waals surface area contributed by atoms with Crippen molar-refractivity contribution in [1.29, 1.82) is 0 Å². The number of hydrogen-bond acceptors (Lipinski definition) is 8. The van der Waals surface area contributed by atoms with E-state index in [0.717, 1.165) is 12.0 Å². The lowest BCUT2D eigenvalue weighted by atomic mass is 9.93. The van der Waals surface area contributed by atoms with Crippen LogP contribution in [0.15, 0.2) is 30.6 Å². The van der Waals surface area contributed by atoms with E-state index in [1.807, 2.05) is 11.0 Å². The molecule has 0 radical (unpaired) electrons. The summed E-state index contributed by atoms with van der Waals surface area (Å²) in [6.45, 7) is 4.31. The largest absolute Gasteiger partial charge is 0.496 e. The van der Waals surface area contributed by atoms with Gasteiger partial charge in [0.2, 0.25) is 5.95 Å². The molecule has 0 unspecified atom stereocenters. The van der Waals surface area contributed by atoms with Crippen molar-refractivity contribution in [1.82, 2.24) is 9.97 Å². The fourth-order valence-corrected chi connectivity index (χ4v) is 3.37. The summed E-state index contributed by atoms with van der Waals surface area (Å²) in [4.78, 5) is 36.0. The zero-order valence-corrected chi connectivity index (χ0v) is 16.2. The average Bonchev–Trinajstić information content (AvgIpc) is 3.14. The number of fused-ring (bicyclic) bond motifs is 1. The van der Waals surface area contributed by atoms with Gasteiger partial charge in [0.1, 0.15) is 5.75 Å². The van der Waals surface area contributed by atoms with Crippen LogP contribution in [0.4, 0.5) is 11.6 Å². The van der Waals surface area contributed by atoms with E-state index in [1.165, 1.54) is 7.11 Å². The highest BCUT2D eigenvalue weighted by Crippen LogP contribution is 2.44. The number of esters is 2. The lowest BCUT2D eigenvalue weighted by Gasteiger charge is -2.25. The monoisotopic (exact) mass is 385 g/mol. The van der Waals surface area contributed by atoms with E-state index in [-0.39, 0.29) is 13.2 Å². The van der Waals surface area contributed by atoms with Gasteiger partial charge in [-0.05, 0) is 38.0 Å². The van der Waals surface area contributed by atoms with Gasteiger partial charge >= 0.3 is 11.9 Å². The predicted molar refractivity (Wildman–Crippen MR) is 102 cm³/mol. The highest BCUT2D eigenvalue weighted by molar-refractivity contribution is 6.03. The van der Waals surface area contributed by atoms with Gasteiger partial charge in [-0.1, -0.05) is 6.07 Å². The van der Waals surface area contributed by atoms with Crippen LogP contribution in [0.25, 0.3) is 0 Å². The van der Waals surface area contributed by atoms with E-state index in [0.29, 0.717) is 29.5 Å². The van der Waals surface area contributed by atoms with Crippen molar-refractivity contribution in [3.05, 3.63) is 41.7 Å². The number of rotatable bonds is 7. The van der Waals surface area contributed by atoms with Crippen LogP contribution in [0.1, 0.15) is 30.9 Å². The van der Waals surface area contributed by atoms with Gasteiger partial charge in [0, 0.05) is 24.5 Å². The highest BCUT2D eigenvalue weighted by Gasteiger charge is 2.40. The number of carbonyl (C=O) groups is 2. The third kappa shape index (κ3) is 3.62. The Hall–Kier alpha value is -3.16. The molecule has 1 aromatic carbocycles. The number of anilines is 2. The van der Waals surface area contributed by atoms with Gasteiger partial charge in [-0.2, -0.15) is 0 Å². The number of nitrogens with zero attached hydrogens (tertiary/aromatic N) is 3. The number of hydrogen-bond donors (Lipinski definition) is 0. The molecule has 0 fully saturated rings. The molecule has 8 nitrogen and oxygen atoms in total. The fourth-order valence-electron chi connectivity index (χ4n) is 3.37. The van der Waals surface area contributed by atoms with Gasteiger partial charge < -0.3 is 19.1 Å². The van der Waals surface area contributed by atoms with Gasteiger partial charge in [-0.3, -0.25) is 9.59 Å². The van der Waals surface area contributed by atoms with Crippen molar-refractivity contribution in [3.8, 4) is 5.75 Å². The minimum absolute atomic E-state index is 0.150. The minimum atomic E-state index is -1.26. The molecule has 3 rings (SSSR count). The maximum Gasteiger partial charge on any atom is 0.325 e. The summed E-state index contributed by atoms with van der Waals surface area (Å²) in [5.74, 6) is -1.70. The zero-order chi connectivity index (χ0) is 20.1. The first-order chi connectivity index (χ1) is 13.6. The summed E-state index contributed by atoms with van der Waals surface area (Å²) in [5.41, 5.74) is 2.08. The Balaban J connectivity index is 2.19. The SMILES string of the molecule is CCOC(=O)C(C(=O)OCC)c1c(OC)ccc2c1N(c1ncccn1)CC2. The van der Waals surface area contributed by atoms with E-state index in [2.05, 4.69) is 9.97 Å². The van der Waals surface area contributed by atoms with Crippen molar-refractivity contribution in [2.45, 2.75) is 26.2 Å². The molecule has 8 heteroatoms. The van der Waals surface area contributed by atoms with Crippen LogP contribution in [0.3, 0.4) is 0 Å². The lowest BCUT2D eigenvalue weighted by Crippen LogP contribution is -2.28. The van der Waals surface area contributed by atoms with E-state index < -0.39 is 17.9 Å². The number of aromatic nitrogens is 2. The number of benzene rings is 1. The van der Waals surface area contributed by atoms with E-state index in [4.69, 9.17) is 14.2 Å². The Labute approximate surface area is 163 Å². The summed E-state index contributed by atoms with van der Waals surface area (Å²) >= 11 is 0. The van der Waals surface area contributed by atoms with Crippen LogP contribution in [-0.4, -0.2) is 48.8 Å². The maximum absolute atomic E-state index is 12.7. The predicted octanol–water partition coefficient (Wildman–Crippen LogP) is 2.39. The number of carbonyl (C=O) groups excluding carboxylic acids is 2. The molecule has 2 heterocycles. The molecule has 1 aliphatic rings. The molecule has 148 valence electrons. The fraction of sp³-hybridized carbons (Fsp3) is 0.400. The molecular weight excluding hydrogens is 362 g/mol. The summed E-state index contributed by atoms with van der Waals surface area (Å²) in [5, 5.41) is 0. The maximum atomic E-state index is 12.7. The minimum Gasteiger partial charge on any atom is -0.496 e. The molecule has 0 bridgehead atoms. The first-order valence-electron chi connectivity index (χ1n) is 9.19. The number of methoxy groups -OCH3 is 1. The van der Waals surface area contributed by atoms with Crippen LogP contribution in [0.2, 0.25) is 0 Å². The van der Waals surface area contributed by atoms with Gasteiger partial charge in [0.15, 0.2) is 5.92 Å². The quantitative estimate of drug-likeness (QED) is 0.530. The molecule has 0 amide bonds. The zero-order valence-electron chi connectivity index (χ0n) is 16.2. The van der Waals surface area contributed by atoms with Crippen LogP contribution in [-0.2, 0) is 25.5 Å². The first-order valence-corrected chi connectivity index (χ1v) is 9.19. The molecule has 0 spiro atoms. The summed E-state index contributed by atoms with van der Waals surface area (Å²) in [7, 11) is 1.50. The normalized spacial score (nSPS) is 12.6. The molecule has 0 saturated heterocycles. The van der Waals surface area contributed by atoms with E-state index >= 15 is 0 Å². The first kappa shape index (κ1) is 19.6. The standard InChI is InChI=1S/C20H23N3O5/c1-4-27-18(24)16(19(25)28-5-2)15-14(26-3)8-7-13-9-12-23(17(13)15)20-21-10-6-11-22-20/h6-8,10-11,16H,4-5,9,12H2,1-3H3. The highest BCUT2D eigenvalue weighted by atomic mass is 16.6. The molecule has 0 N–H and O–H groups in total. The lowest BCUT2D eigenvalue weighted by molar-refractivity contribution is -0.157. The van der Waals surface area contributed by atoms with Crippen LogP contribution < -0.4 is 9.64 Å². The van der Waals surface area contributed by atoms with E-state index in [9.17, 15) is 9.59 Å². The third-order valence-corrected chi connectivity index (χ3v) is 4.48. The smallest absolute Gasteiger partial charge is 0.325 e. The van der Waals surface area contributed by atoms with Crippen LogP contribution in [0.5, 0.6) is 5.75 Å². The molecule has 0 saturated carbocycles. The summed E-state index contributed by atoms with van der Waals surface area (Å²) < 4.78 is 15.9. The Morgan fingerprint density at radius 2 is 1.75 bits per heavy atom. The molecule has 1 aromatic heterocycles. The number of ether oxygens (including phenoxy) is 3. The van der Waals surface area contributed by atoms with E-state index in [1.54, 1.807) is 38.4 Å². The van der Waals surface area contributed by atoms with Gasteiger partial charge in [-0.15, -0.1) is 0 Å². The molecule has 1 aliphatic heterocycles. The van der Waals surface area contributed by atoms with Gasteiger partial charge in [0.25, 0.3) is 0 Å². The van der Waals surface area contributed by atoms with Crippen molar-refractivity contribution >= 4 is 23.6 Å². The second-order valence-electron chi connectivity index (χ2n) is 6.08. The molecule has 0 aliphatic carbocycles. The van der Waals surface area contributed by atoms with Crippen LogP contribution >= 0.6 is 0 Å². The second-order valence-corrected chi connectivity index (χ2v) is 6.08. The van der Waals surface area contributed by atoms with Gasteiger partial charge in [-0.25, -0.2) is 9.97 Å². The van der Waals surface area contributed by atoms with Crippen LogP contribution in [0, 0.1) is 0 Å². The second kappa shape index (κ2) is 8.69. The Bertz CT molecular complexity index is 838. The van der Waals surface area contributed by atoms with Crippen molar-refractivity contribution in [2.24, 2.45) is 0 Å². The Morgan fingerprint density at radius 1 is 1.11 bits per heavy atom. The van der Waals surface area contributed by atoms with Crippen molar-refractivity contribution < 1.29 is 23.8 Å². The average molecular weight is 385 g/mol. The molecule has 28 heavy (non-hydrogen) atoms. The molecular formula is C20H23N3O5. The third-order valence-electron chi connectivity index (χ3n) is 4.48. The summed E-state index contributed by atoms with van der Waals surface area (Å²) in [6.07, 6.45) is 4.02. The van der Waals surface area contributed by atoms with Crippen molar-refractivity contribution in [3.63, 3.8) is 0 Å². The summed E-state index contributed by atoms with van der Waals surface area (Å²) in [6, 6.07) is 5.41. The molecule has 2 aromatic rings. The van der Waals surface area contributed by atoms with Crippen molar-refractivity contribution in [2.75, 3.05) is 31.8 Å². The van der Waals surface area contributed by atoms with Gasteiger partial charge in [0.05, 0.1) is 26.0 Å². The Kier molecular flexibility index (Phi) is 6.08. The molecule has 0 atom stereocenters. The topological polar surface area (TPSA) is 90.9 Å².